The SMILES string of the molecule is CCC(N)CSCc1cccc([N+](=O)[O-])c1C(=O)O. The standard InChI is InChI=1S/C12H16N2O4S/c1-2-9(13)7-19-6-8-4-3-5-10(14(17)18)11(8)12(15)16/h3-5,9H,2,6-7,13H2,1H3,(H,15,16). The fourth-order valence-corrected chi connectivity index (χ4v) is 2.66. The fourth-order valence-electron chi connectivity index (χ4n) is 1.54. The smallest absolute Gasteiger partial charge is 0.343 e. The molecule has 0 spiro atoms. The molecule has 7 heteroatoms. The lowest BCUT2D eigenvalue weighted by Crippen LogP contribution is -2.21. The predicted octanol–water partition coefficient (Wildman–Crippen LogP) is 2.26. The van der Waals surface area contributed by atoms with Gasteiger partial charge >= 0.3 is 5.97 Å². The Morgan fingerprint density at radius 1 is 1.58 bits per heavy atom. The highest BCUT2D eigenvalue weighted by atomic mass is 32.2. The molecule has 0 amide bonds. The molecule has 19 heavy (non-hydrogen) atoms. The summed E-state index contributed by atoms with van der Waals surface area (Å²) in [6.45, 7) is 1.97. The van der Waals surface area contributed by atoms with Crippen molar-refractivity contribution in [2.75, 3.05) is 5.75 Å². The van der Waals surface area contributed by atoms with Crippen molar-refractivity contribution >= 4 is 23.4 Å². The van der Waals surface area contributed by atoms with Gasteiger partial charge in [0.05, 0.1) is 4.92 Å². The van der Waals surface area contributed by atoms with E-state index < -0.39 is 10.9 Å². The Labute approximate surface area is 115 Å². The van der Waals surface area contributed by atoms with Crippen LogP contribution in [0.15, 0.2) is 18.2 Å². The first kappa shape index (κ1) is 15.5. The van der Waals surface area contributed by atoms with Crippen LogP contribution in [-0.4, -0.2) is 27.8 Å². The molecule has 1 unspecified atom stereocenters. The number of nitrogens with two attached hydrogens (primary N) is 1. The summed E-state index contributed by atoms with van der Waals surface area (Å²) in [6.07, 6.45) is 0.841. The zero-order valence-electron chi connectivity index (χ0n) is 10.5. The van der Waals surface area contributed by atoms with Gasteiger partial charge in [0.1, 0.15) is 5.56 Å². The zero-order chi connectivity index (χ0) is 14.4. The molecule has 0 heterocycles. The molecule has 3 N–H and O–H groups in total. The highest BCUT2D eigenvalue weighted by Crippen LogP contribution is 2.25. The van der Waals surface area contributed by atoms with Gasteiger partial charge in [-0.1, -0.05) is 19.1 Å². The fraction of sp³-hybridized carbons (Fsp3) is 0.417. The monoisotopic (exact) mass is 284 g/mol. The third kappa shape index (κ3) is 4.22. The van der Waals surface area contributed by atoms with E-state index in [1.807, 2.05) is 6.92 Å². The maximum atomic E-state index is 11.2. The lowest BCUT2D eigenvalue weighted by molar-refractivity contribution is -0.385. The summed E-state index contributed by atoms with van der Waals surface area (Å²) < 4.78 is 0. The van der Waals surface area contributed by atoms with Crippen LogP contribution < -0.4 is 5.73 Å². The van der Waals surface area contributed by atoms with Crippen LogP contribution >= 0.6 is 11.8 Å². The van der Waals surface area contributed by atoms with E-state index in [1.54, 1.807) is 6.07 Å². The number of hydrogen-bond acceptors (Lipinski definition) is 5. The van der Waals surface area contributed by atoms with E-state index in [2.05, 4.69) is 0 Å². The molecule has 0 aliphatic heterocycles. The van der Waals surface area contributed by atoms with E-state index in [1.165, 1.54) is 23.9 Å². The van der Waals surface area contributed by atoms with Crippen LogP contribution in [0.4, 0.5) is 5.69 Å². The summed E-state index contributed by atoms with van der Waals surface area (Å²) in [4.78, 5) is 21.3. The van der Waals surface area contributed by atoms with Crippen LogP contribution in [0.2, 0.25) is 0 Å². The molecule has 1 aromatic carbocycles. The normalized spacial score (nSPS) is 12.1. The zero-order valence-corrected chi connectivity index (χ0v) is 11.4. The second-order valence-corrected chi connectivity index (χ2v) is 5.09. The summed E-state index contributed by atoms with van der Waals surface area (Å²) >= 11 is 1.48. The molecule has 1 rings (SSSR count). The van der Waals surface area contributed by atoms with Crippen molar-refractivity contribution in [3.8, 4) is 0 Å². The average Bonchev–Trinajstić information content (AvgIpc) is 2.37. The summed E-state index contributed by atoms with van der Waals surface area (Å²) in [5, 5.41) is 19.9. The topological polar surface area (TPSA) is 106 Å². The maximum absolute atomic E-state index is 11.2. The van der Waals surface area contributed by atoms with Gasteiger partial charge in [-0.3, -0.25) is 10.1 Å². The minimum atomic E-state index is -1.28. The van der Waals surface area contributed by atoms with Gasteiger partial charge in [0.15, 0.2) is 0 Å². The minimum Gasteiger partial charge on any atom is -0.477 e. The molecule has 1 atom stereocenters. The second-order valence-electron chi connectivity index (χ2n) is 4.06. The van der Waals surface area contributed by atoms with Crippen molar-refractivity contribution < 1.29 is 14.8 Å². The van der Waals surface area contributed by atoms with Crippen molar-refractivity contribution in [2.45, 2.75) is 25.1 Å². The van der Waals surface area contributed by atoms with Crippen molar-refractivity contribution in [2.24, 2.45) is 5.73 Å². The largest absolute Gasteiger partial charge is 0.477 e. The van der Waals surface area contributed by atoms with Crippen molar-refractivity contribution in [1.82, 2.24) is 0 Å². The molecule has 0 fully saturated rings. The molecule has 0 aliphatic rings. The van der Waals surface area contributed by atoms with Crippen molar-refractivity contribution in [3.05, 3.63) is 39.4 Å². The van der Waals surface area contributed by atoms with E-state index >= 15 is 0 Å². The van der Waals surface area contributed by atoms with Gasteiger partial charge in [0, 0.05) is 23.6 Å². The van der Waals surface area contributed by atoms with Gasteiger partial charge < -0.3 is 10.8 Å². The number of carboxylic acid groups (broad SMARTS) is 1. The number of aromatic carboxylic acids is 1. The molecule has 0 aromatic heterocycles. The first-order valence-electron chi connectivity index (χ1n) is 5.80. The second kappa shape index (κ2) is 7.10. The summed E-state index contributed by atoms with van der Waals surface area (Å²) in [7, 11) is 0. The number of hydrogen-bond donors (Lipinski definition) is 2. The number of rotatable bonds is 7. The lowest BCUT2D eigenvalue weighted by atomic mass is 10.1. The Kier molecular flexibility index (Phi) is 5.78. The van der Waals surface area contributed by atoms with E-state index in [0.717, 1.165) is 6.42 Å². The molecular weight excluding hydrogens is 268 g/mol. The first-order chi connectivity index (χ1) is 8.97. The van der Waals surface area contributed by atoms with Crippen LogP contribution in [0.1, 0.15) is 29.3 Å². The maximum Gasteiger partial charge on any atom is 0.343 e. The van der Waals surface area contributed by atoms with Crippen LogP contribution in [0.25, 0.3) is 0 Å². The summed E-state index contributed by atoms with van der Waals surface area (Å²) in [5.41, 5.74) is 5.62. The van der Waals surface area contributed by atoms with E-state index in [-0.39, 0.29) is 17.3 Å². The quantitative estimate of drug-likeness (QED) is 0.587. The van der Waals surface area contributed by atoms with E-state index in [9.17, 15) is 14.9 Å². The Balaban J connectivity index is 2.91. The van der Waals surface area contributed by atoms with Gasteiger partial charge in [0.25, 0.3) is 5.69 Å². The van der Waals surface area contributed by atoms with Crippen LogP contribution in [0, 0.1) is 10.1 Å². The molecule has 0 saturated heterocycles. The molecule has 0 saturated carbocycles. The first-order valence-corrected chi connectivity index (χ1v) is 6.95. The van der Waals surface area contributed by atoms with Crippen LogP contribution in [0.5, 0.6) is 0 Å². The average molecular weight is 284 g/mol. The Hall–Kier alpha value is -1.60. The number of thioether (sulfide) groups is 1. The van der Waals surface area contributed by atoms with Crippen molar-refractivity contribution in [3.63, 3.8) is 0 Å². The molecular formula is C12H16N2O4S. The Bertz CT molecular complexity index is 479. The number of carbonyl (C=O) groups is 1. The predicted molar refractivity (Wildman–Crippen MR) is 74.5 cm³/mol. The van der Waals surface area contributed by atoms with Crippen LogP contribution in [-0.2, 0) is 5.75 Å². The number of nitrogens with zero attached hydrogens (tertiary/aromatic N) is 1. The molecule has 6 nitrogen and oxygen atoms in total. The summed E-state index contributed by atoms with van der Waals surface area (Å²) in [6, 6.07) is 4.35. The third-order valence-electron chi connectivity index (χ3n) is 2.65. The van der Waals surface area contributed by atoms with Gasteiger partial charge in [-0.2, -0.15) is 11.8 Å². The van der Waals surface area contributed by atoms with E-state index in [4.69, 9.17) is 10.8 Å². The van der Waals surface area contributed by atoms with Crippen molar-refractivity contribution in [1.29, 1.82) is 0 Å². The van der Waals surface area contributed by atoms with Gasteiger partial charge in [-0.05, 0) is 12.0 Å². The highest BCUT2D eigenvalue weighted by molar-refractivity contribution is 7.98. The Morgan fingerprint density at radius 3 is 2.79 bits per heavy atom. The van der Waals surface area contributed by atoms with Gasteiger partial charge in [-0.25, -0.2) is 4.79 Å². The Morgan fingerprint density at radius 2 is 2.26 bits per heavy atom. The van der Waals surface area contributed by atoms with E-state index in [0.29, 0.717) is 17.1 Å². The number of carboxylic acids is 1. The van der Waals surface area contributed by atoms with Crippen LogP contribution in [0.3, 0.4) is 0 Å². The number of benzene rings is 1. The molecule has 0 radical (unpaired) electrons. The number of nitro groups is 1. The molecule has 104 valence electrons. The molecule has 1 aromatic rings. The van der Waals surface area contributed by atoms with Gasteiger partial charge in [-0.15, -0.1) is 0 Å². The number of nitro benzene ring substituents is 1. The third-order valence-corrected chi connectivity index (χ3v) is 3.83. The highest BCUT2D eigenvalue weighted by Gasteiger charge is 2.23. The summed E-state index contributed by atoms with van der Waals surface area (Å²) in [5.74, 6) is -0.183. The lowest BCUT2D eigenvalue weighted by Gasteiger charge is -2.09. The molecule has 0 aliphatic carbocycles. The van der Waals surface area contributed by atoms with Gasteiger partial charge in [0.2, 0.25) is 0 Å². The molecule has 0 bridgehead atoms. The minimum absolute atomic E-state index is 0.0528.